The molecular weight excluding hydrogens is 206 g/mol. The molecule has 1 aromatic carbocycles. The van der Waals surface area contributed by atoms with Crippen LogP contribution in [-0.4, -0.2) is 25.5 Å². The summed E-state index contributed by atoms with van der Waals surface area (Å²) in [6.45, 7) is 2.00. The van der Waals surface area contributed by atoms with Gasteiger partial charge in [0.25, 0.3) is 0 Å². The third-order valence-electron chi connectivity index (χ3n) is 2.12. The minimum atomic E-state index is -0.490. The Labute approximate surface area is 94.8 Å². The first-order chi connectivity index (χ1) is 7.65. The Bertz CT molecular complexity index is 362. The Kier molecular flexibility index (Phi) is 4.51. The van der Waals surface area contributed by atoms with Gasteiger partial charge in [-0.25, -0.2) is 0 Å². The topological polar surface area (TPSA) is 46.6 Å². The number of para-hydroxylation sites is 1. The molecule has 0 atom stereocenters. The van der Waals surface area contributed by atoms with Crippen LogP contribution >= 0.6 is 0 Å². The third-order valence-corrected chi connectivity index (χ3v) is 2.12. The number of carbonyl (C=O) groups is 2. The molecular formula is C12H15NO3. The molecule has 4 nitrogen and oxygen atoms in total. The molecule has 0 radical (unpaired) electrons. The van der Waals surface area contributed by atoms with Gasteiger partial charge in [-0.1, -0.05) is 18.2 Å². The molecule has 0 aromatic heterocycles. The summed E-state index contributed by atoms with van der Waals surface area (Å²) in [7, 11) is 1.64. The lowest BCUT2D eigenvalue weighted by Crippen LogP contribution is -2.28. The van der Waals surface area contributed by atoms with E-state index in [2.05, 4.69) is 0 Å². The van der Waals surface area contributed by atoms with Crippen molar-refractivity contribution in [3.05, 3.63) is 30.3 Å². The number of amides is 1. The van der Waals surface area contributed by atoms with Crippen LogP contribution in [0.3, 0.4) is 0 Å². The van der Waals surface area contributed by atoms with Crippen molar-refractivity contribution in [3.63, 3.8) is 0 Å². The Morgan fingerprint density at radius 3 is 2.44 bits per heavy atom. The predicted octanol–water partition coefficient (Wildman–Crippen LogP) is 1.60. The Balaban J connectivity index is 2.58. The first-order valence-corrected chi connectivity index (χ1v) is 5.12. The summed E-state index contributed by atoms with van der Waals surface area (Å²) in [5.41, 5.74) is 0.761. The lowest BCUT2D eigenvalue weighted by molar-refractivity contribution is -0.145. The number of rotatable bonds is 4. The van der Waals surface area contributed by atoms with Crippen molar-refractivity contribution in [3.8, 4) is 0 Å². The zero-order valence-electron chi connectivity index (χ0n) is 9.47. The number of hydrogen-bond acceptors (Lipinski definition) is 3. The van der Waals surface area contributed by atoms with E-state index in [9.17, 15) is 9.59 Å². The molecule has 0 bridgehead atoms. The van der Waals surface area contributed by atoms with E-state index in [0.29, 0.717) is 6.61 Å². The van der Waals surface area contributed by atoms with Crippen molar-refractivity contribution in [2.24, 2.45) is 0 Å². The molecule has 0 aliphatic carbocycles. The van der Waals surface area contributed by atoms with Gasteiger partial charge in [0.05, 0.1) is 6.61 Å². The molecule has 0 fully saturated rings. The Hall–Kier alpha value is -1.84. The highest BCUT2D eigenvalue weighted by Crippen LogP contribution is 2.12. The van der Waals surface area contributed by atoms with Crippen molar-refractivity contribution < 1.29 is 14.3 Å². The van der Waals surface area contributed by atoms with Crippen molar-refractivity contribution in [1.29, 1.82) is 0 Å². The van der Waals surface area contributed by atoms with E-state index in [0.717, 1.165) is 5.69 Å². The van der Waals surface area contributed by atoms with Crippen LogP contribution in [0.4, 0.5) is 5.69 Å². The fourth-order valence-electron chi connectivity index (χ4n) is 1.25. The summed E-state index contributed by atoms with van der Waals surface area (Å²) >= 11 is 0. The second kappa shape index (κ2) is 5.90. The molecule has 1 aromatic rings. The fourth-order valence-corrected chi connectivity index (χ4v) is 1.25. The zero-order chi connectivity index (χ0) is 12.0. The molecule has 4 heteroatoms. The van der Waals surface area contributed by atoms with Crippen molar-refractivity contribution in [2.45, 2.75) is 13.3 Å². The van der Waals surface area contributed by atoms with E-state index in [1.807, 2.05) is 30.3 Å². The lowest BCUT2D eigenvalue weighted by atomic mass is 10.3. The fraction of sp³-hybridized carbons (Fsp3) is 0.333. The van der Waals surface area contributed by atoms with Gasteiger partial charge in [0, 0.05) is 12.7 Å². The largest absolute Gasteiger partial charge is 0.466 e. The average Bonchev–Trinajstić information content (AvgIpc) is 2.29. The van der Waals surface area contributed by atoms with Crippen LogP contribution in [0.15, 0.2) is 30.3 Å². The van der Waals surface area contributed by atoms with E-state index in [1.54, 1.807) is 14.0 Å². The monoisotopic (exact) mass is 221 g/mol. The summed E-state index contributed by atoms with van der Waals surface area (Å²) in [5, 5.41) is 0. The van der Waals surface area contributed by atoms with Crippen LogP contribution in [0.5, 0.6) is 0 Å². The standard InChI is InChI=1S/C12H15NO3/c1-3-16-12(15)9-11(14)13(2)10-7-5-4-6-8-10/h4-8H,3,9H2,1-2H3. The molecule has 0 heterocycles. The first kappa shape index (κ1) is 12.2. The quantitative estimate of drug-likeness (QED) is 0.573. The van der Waals surface area contributed by atoms with E-state index in [4.69, 9.17) is 4.74 Å². The van der Waals surface area contributed by atoms with E-state index in [1.165, 1.54) is 4.90 Å². The third kappa shape index (κ3) is 3.38. The van der Waals surface area contributed by atoms with Crippen molar-refractivity contribution in [1.82, 2.24) is 0 Å². The second-order valence-electron chi connectivity index (χ2n) is 3.27. The van der Waals surface area contributed by atoms with Crippen molar-refractivity contribution >= 4 is 17.6 Å². The van der Waals surface area contributed by atoms with Gasteiger partial charge >= 0.3 is 5.97 Å². The maximum atomic E-state index is 11.7. The summed E-state index contributed by atoms with van der Waals surface area (Å²) < 4.78 is 4.71. The van der Waals surface area contributed by atoms with Crippen LogP contribution in [0.2, 0.25) is 0 Å². The highest BCUT2D eigenvalue weighted by atomic mass is 16.5. The number of anilines is 1. The van der Waals surface area contributed by atoms with Gasteiger partial charge in [-0.15, -0.1) is 0 Å². The first-order valence-electron chi connectivity index (χ1n) is 5.12. The van der Waals surface area contributed by atoms with E-state index in [-0.39, 0.29) is 12.3 Å². The predicted molar refractivity (Wildman–Crippen MR) is 61.1 cm³/mol. The summed E-state index contributed by atoms with van der Waals surface area (Å²) in [6, 6.07) is 9.16. The normalized spacial score (nSPS) is 9.62. The van der Waals surface area contributed by atoms with E-state index < -0.39 is 5.97 Å². The van der Waals surface area contributed by atoms with Gasteiger partial charge < -0.3 is 9.64 Å². The van der Waals surface area contributed by atoms with Gasteiger partial charge in [-0.3, -0.25) is 9.59 Å². The zero-order valence-corrected chi connectivity index (χ0v) is 9.47. The maximum absolute atomic E-state index is 11.7. The molecule has 0 saturated carbocycles. The van der Waals surface area contributed by atoms with Gasteiger partial charge in [0.15, 0.2) is 0 Å². The van der Waals surface area contributed by atoms with E-state index >= 15 is 0 Å². The molecule has 0 saturated heterocycles. The van der Waals surface area contributed by atoms with Crippen LogP contribution < -0.4 is 4.90 Å². The van der Waals surface area contributed by atoms with Gasteiger partial charge in [-0.05, 0) is 19.1 Å². The molecule has 1 amide bonds. The average molecular weight is 221 g/mol. The molecule has 1 rings (SSSR count). The SMILES string of the molecule is CCOC(=O)CC(=O)N(C)c1ccccc1. The molecule has 0 unspecified atom stereocenters. The van der Waals surface area contributed by atoms with Crippen molar-refractivity contribution in [2.75, 3.05) is 18.6 Å². The highest BCUT2D eigenvalue weighted by molar-refractivity contribution is 6.03. The lowest BCUT2D eigenvalue weighted by Gasteiger charge is -2.16. The molecule has 86 valence electrons. The van der Waals surface area contributed by atoms with Gasteiger partial charge in [0.1, 0.15) is 6.42 Å². The number of nitrogens with zero attached hydrogens (tertiary/aromatic N) is 1. The van der Waals surface area contributed by atoms with Gasteiger partial charge in [0.2, 0.25) is 5.91 Å². The molecule has 0 N–H and O–H groups in total. The minimum Gasteiger partial charge on any atom is -0.466 e. The Morgan fingerprint density at radius 1 is 1.25 bits per heavy atom. The van der Waals surface area contributed by atoms with Crippen LogP contribution in [0, 0.1) is 0 Å². The van der Waals surface area contributed by atoms with Crippen LogP contribution in [0.1, 0.15) is 13.3 Å². The molecule has 0 spiro atoms. The van der Waals surface area contributed by atoms with Crippen LogP contribution in [-0.2, 0) is 14.3 Å². The molecule has 16 heavy (non-hydrogen) atoms. The number of esters is 1. The summed E-state index contributed by atoms with van der Waals surface area (Å²) in [6.07, 6.45) is -0.223. The number of carbonyl (C=O) groups excluding carboxylic acids is 2. The molecule has 0 aliphatic heterocycles. The Morgan fingerprint density at radius 2 is 1.88 bits per heavy atom. The smallest absolute Gasteiger partial charge is 0.315 e. The summed E-state index contributed by atoms with van der Waals surface area (Å²) in [5.74, 6) is -0.764. The number of ether oxygens (including phenoxy) is 1. The summed E-state index contributed by atoms with van der Waals surface area (Å²) in [4.78, 5) is 24.2. The number of benzene rings is 1. The highest BCUT2D eigenvalue weighted by Gasteiger charge is 2.15. The van der Waals surface area contributed by atoms with Gasteiger partial charge in [-0.2, -0.15) is 0 Å². The molecule has 0 aliphatic rings. The number of hydrogen-bond donors (Lipinski definition) is 0. The maximum Gasteiger partial charge on any atom is 0.315 e. The second-order valence-corrected chi connectivity index (χ2v) is 3.27. The minimum absolute atomic E-state index is 0.223. The van der Waals surface area contributed by atoms with Crippen LogP contribution in [0.25, 0.3) is 0 Å².